The molecular formula is C17H17N7O2. The lowest BCUT2D eigenvalue weighted by molar-refractivity contribution is -0.127. The molecule has 0 aliphatic carbocycles. The Morgan fingerprint density at radius 2 is 1.92 bits per heavy atom. The Hall–Kier alpha value is -3.62. The van der Waals surface area contributed by atoms with Crippen molar-refractivity contribution < 1.29 is 9.59 Å². The molecule has 26 heavy (non-hydrogen) atoms. The van der Waals surface area contributed by atoms with E-state index in [4.69, 9.17) is 0 Å². The van der Waals surface area contributed by atoms with E-state index in [0.29, 0.717) is 18.7 Å². The Morgan fingerprint density at radius 1 is 1.00 bits per heavy atom. The first-order chi connectivity index (χ1) is 12.8. The monoisotopic (exact) mass is 351 g/mol. The van der Waals surface area contributed by atoms with Crippen LogP contribution in [0.3, 0.4) is 0 Å². The number of hydrogen-bond acceptors (Lipinski definition) is 6. The van der Waals surface area contributed by atoms with Crippen LogP contribution in [-0.2, 0) is 4.79 Å². The quantitative estimate of drug-likeness (QED) is 0.668. The molecule has 2 aliphatic rings. The largest absolute Gasteiger partial charge is 0.366 e. The molecule has 2 heterocycles. The molecule has 0 radical (unpaired) electrons. The Bertz CT molecular complexity index is 783. The smallest absolute Gasteiger partial charge is 0.308 e. The topological polar surface area (TPSA) is 112 Å². The van der Waals surface area contributed by atoms with Crippen LogP contribution in [0.15, 0.2) is 78.9 Å². The van der Waals surface area contributed by atoms with Gasteiger partial charge in [-0.25, -0.2) is 14.8 Å². The van der Waals surface area contributed by atoms with Gasteiger partial charge >= 0.3 is 6.03 Å². The third-order valence-electron chi connectivity index (χ3n) is 3.02. The van der Waals surface area contributed by atoms with E-state index in [0.717, 1.165) is 0 Å². The summed E-state index contributed by atoms with van der Waals surface area (Å²) in [6.45, 7) is 0.367. The summed E-state index contributed by atoms with van der Waals surface area (Å²) in [7, 11) is 0. The van der Waals surface area contributed by atoms with Gasteiger partial charge in [0.05, 0.1) is 0 Å². The standard InChI is InChI=1S/C17H17N7O2/c25-16-6-2-11-21-23-22-12-3-10-20-17(26)19-9-1-5-15-7-13-18-8-4-14-24(15)16/h1-2,4-5,7-13H,3,6,14H2. The van der Waals surface area contributed by atoms with Gasteiger partial charge in [-0.2, -0.15) is 0 Å². The van der Waals surface area contributed by atoms with Crippen molar-refractivity contribution in [3.05, 3.63) is 48.5 Å². The molecule has 0 atom stereocenters. The molecule has 132 valence electrons. The zero-order valence-electron chi connectivity index (χ0n) is 13.9. The van der Waals surface area contributed by atoms with Crippen LogP contribution in [0, 0.1) is 0 Å². The summed E-state index contributed by atoms with van der Waals surface area (Å²) >= 11 is 0. The van der Waals surface area contributed by atoms with Crippen LogP contribution in [0.5, 0.6) is 0 Å². The SMILES string of the molecule is O=C1N=CC=CC2=CC=NC=CCN2C(=O)CC=CN=NN=CCC=N1. The summed E-state index contributed by atoms with van der Waals surface area (Å²) < 4.78 is 0. The number of fused-ring (bicyclic) bond motifs is 1. The lowest BCUT2D eigenvalue weighted by Crippen LogP contribution is -2.29. The number of urea groups is 1. The van der Waals surface area contributed by atoms with Crippen LogP contribution in [-0.4, -0.2) is 48.2 Å². The highest BCUT2D eigenvalue weighted by Gasteiger charge is 2.14. The van der Waals surface area contributed by atoms with E-state index in [1.807, 2.05) is 0 Å². The number of nitrogens with zero attached hydrogens (tertiary/aromatic N) is 7. The Labute approximate surface area is 150 Å². The molecule has 0 saturated carbocycles. The van der Waals surface area contributed by atoms with Crippen molar-refractivity contribution in [2.45, 2.75) is 12.8 Å². The van der Waals surface area contributed by atoms with Crippen molar-refractivity contribution >= 4 is 36.8 Å². The molecule has 0 aromatic carbocycles. The third kappa shape index (κ3) is 6.87. The zero-order chi connectivity index (χ0) is 18.5. The molecule has 0 saturated heterocycles. The Kier molecular flexibility index (Phi) is 7.94. The van der Waals surface area contributed by atoms with E-state index < -0.39 is 6.03 Å². The highest BCUT2D eigenvalue weighted by atomic mass is 16.2. The van der Waals surface area contributed by atoms with Gasteiger partial charge in [0.15, 0.2) is 0 Å². The summed E-state index contributed by atoms with van der Waals surface area (Å²) in [6, 6.07) is -0.641. The minimum atomic E-state index is -0.641. The normalized spacial score (nSPS) is 18.9. The fraction of sp³-hybridized carbons (Fsp3) is 0.176. The lowest BCUT2D eigenvalue weighted by atomic mass is 10.2. The van der Waals surface area contributed by atoms with E-state index in [-0.39, 0.29) is 12.3 Å². The van der Waals surface area contributed by atoms with E-state index in [1.165, 1.54) is 24.8 Å². The first kappa shape index (κ1) is 18.7. The van der Waals surface area contributed by atoms with Gasteiger partial charge in [0.2, 0.25) is 5.91 Å². The summed E-state index contributed by atoms with van der Waals surface area (Å²) in [5, 5.41) is 10.9. The summed E-state index contributed by atoms with van der Waals surface area (Å²) in [6.07, 6.45) is 17.5. The predicted molar refractivity (Wildman–Crippen MR) is 101 cm³/mol. The van der Waals surface area contributed by atoms with Crippen molar-refractivity contribution in [1.29, 1.82) is 0 Å². The molecule has 9 heteroatoms. The second kappa shape index (κ2) is 11.0. The fourth-order valence-corrected chi connectivity index (χ4v) is 1.88. The number of aliphatic imine (C=N–C) groups is 3. The molecule has 0 bridgehead atoms. The first-order valence-corrected chi connectivity index (χ1v) is 7.80. The van der Waals surface area contributed by atoms with Gasteiger partial charge in [-0.1, -0.05) is 6.08 Å². The number of amides is 3. The Balaban J connectivity index is 2.25. The minimum Gasteiger partial charge on any atom is -0.308 e. The third-order valence-corrected chi connectivity index (χ3v) is 3.02. The van der Waals surface area contributed by atoms with Crippen LogP contribution in [0.2, 0.25) is 0 Å². The van der Waals surface area contributed by atoms with Crippen LogP contribution >= 0.6 is 0 Å². The molecule has 0 unspecified atom stereocenters. The summed E-state index contributed by atoms with van der Waals surface area (Å²) in [5.41, 5.74) is 0.617. The maximum atomic E-state index is 12.5. The van der Waals surface area contributed by atoms with Crippen LogP contribution in [0.25, 0.3) is 0 Å². The lowest BCUT2D eigenvalue weighted by Gasteiger charge is -2.22. The maximum absolute atomic E-state index is 12.5. The molecular weight excluding hydrogens is 334 g/mol. The van der Waals surface area contributed by atoms with Gasteiger partial charge < -0.3 is 4.90 Å². The minimum absolute atomic E-state index is 0.130. The molecule has 3 amide bonds. The molecule has 0 aromatic rings. The van der Waals surface area contributed by atoms with Gasteiger partial charge in [0.1, 0.15) is 0 Å². The highest BCUT2D eigenvalue weighted by Crippen LogP contribution is 2.10. The second-order valence-electron chi connectivity index (χ2n) is 4.84. The average molecular weight is 351 g/mol. The second-order valence-corrected chi connectivity index (χ2v) is 4.84. The Morgan fingerprint density at radius 3 is 2.85 bits per heavy atom. The number of rotatable bonds is 0. The van der Waals surface area contributed by atoms with Gasteiger partial charge in [0, 0.05) is 62.3 Å². The molecule has 0 spiro atoms. The van der Waals surface area contributed by atoms with Gasteiger partial charge in [-0.15, -0.1) is 10.2 Å². The van der Waals surface area contributed by atoms with E-state index >= 15 is 0 Å². The molecule has 0 fully saturated rings. The summed E-state index contributed by atoms with van der Waals surface area (Å²) in [4.78, 5) is 36.9. The molecule has 9 nitrogen and oxygen atoms in total. The van der Waals surface area contributed by atoms with Gasteiger partial charge in [-0.05, 0) is 29.5 Å². The average Bonchev–Trinajstić information content (AvgIpc) is 2.61. The van der Waals surface area contributed by atoms with Gasteiger partial charge in [0.25, 0.3) is 0 Å². The van der Waals surface area contributed by atoms with Crippen molar-refractivity contribution in [1.82, 2.24) is 4.90 Å². The van der Waals surface area contributed by atoms with Crippen molar-refractivity contribution in [2.75, 3.05) is 6.54 Å². The zero-order valence-corrected chi connectivity index (χ0v) is 13.9. The molecule has 0 N–H and O–H groups in total. The molecule has 2 rings (SSSR count). The van der Waals surface area contributed by atoms with Crippen LogP contribution in [0.1, 0.15) is 12.8 Å². The maximum Gasteiger partial charge on any atom is 0.366 e. The number of allylic oxidation sites excluding steroid dienone is 3. The van der Waals surface area contributed by atoms with E-state index in [2.05, 4.69) is 30.4 Å². The van der Waals surface area contributed by atoms with E-state index in [1.54, 1.807) is 47.7 Å². The summed E-state index contributed by atoms with van der Waals surface area (Å²) in [5.74, 6) is -0.130. The van der Waals surface area contributed by atoms with Crippen molar-refractivity contribution in [2.24, 2.45) is 30.4 Å². The highest BCUT2D eigenvalue weighted by molar-refractivity contribution is 5.94. The fourth-order valence-electron chi connectivity index (χ4n) is 1.88. The van der Waals surface area contributed by atoms with Crippen LogP contribution in [0.4, 0.5) is 4.79 Å². The van der Waals surface area contributed by atoms with Crippen molar-refractivity contribution in [3.63, 3.8) is 0 Å². The first-order valence-electron chi connectivity index (χ1n) is 7.80. The van der Waals surface area contributed by atoms with Crippen LogP contribution < -0.4 is 0 Å². The number of hydrogen-bond donors (Lipinski definition) is 0. The predicted octanol–water partition coefficient (Wildman–Crippen LogP) is 2.86. The van der Waals surface area contributed by atoms with Crippen molar-refractivity contribution in [3.8, 4) is 0 Å². The molecule has 2 aliphatic heterocycles. The van der Waals surface area contributed by atoms with Gasteiger partial charge in [-0.3, -0.25) is 9.79 Å². The molecule has 0 aromatic heterocycles. The van der Waals surface area contributed by atoms with E-state index in [9.17, 15) is 9.59 Å². The number of carbonyl (C=O) groups is 2. The number of carbonyl (C=O) groups excluding carboxylic acids is 2.